The average Bonchev–Trinajstić information content (AvgIpc) is 0.893. The summed E-state index contributed by atoms with van der Waals surface area (Å²) in [6.45, 7) is 18.9. The number of amides is 10. The second-order valence-corrected chi connectivity index (χ2v) is 26.1. The van der Waals surface area contributed by atoms with Gasteiger partial charge in [-0.1, -0.05) is 67.9 Å². The van der Waals surface area contributed by atoms with E-state index in [0.717, 1.165) is 9.80 Å². The third kappa shape index (κ3) is 14.5. The van der Waals surface area contributed by atoms with Crippen LogP contribution in [-0.4, -0.2) is 220 Å². The molecule has 5 heterocycles. The van der Waals surface area contributed by atoms with Crippen molar-refractivity contribution < 1.29 is 71.4 Å². The number of aromatic nitrogens is 1. The molecule has 0 radical (unpaired) electrons. The Balaban J connectivity index is 1.33. The van der Waals surface area contributed by atoms with Crippen molar-refractivity contribution in [1.29, 1.82) is 0 Å². The van der Waals surface area contributed by atoms with Gasteiger partial charge in [-0.3, -0.25) is 52.7 Å². The van der Waals surface area contributed by atoms with Gasteiger partial charge in [0.1, 0.15) is 71.8 Å². The van der Waals surface area contributed by atoms with E-state index in [2.05, 4.69) is 21.3 Å². The number of nitrogens with zero attached hydrogens (tertiary/aromatic N) is 7. The molecule has 10 amide bonds. The van der Waals surface area contributed by atoms with Crippen molar-refractivity contribution in [1.82, 2.24) is 55.7 Å². The van der Waals surface area contributed by atoms with Crippen molar-refractivity contribution in [2.45, 2.75) is 182 Å². The molecule has 4 fully saturated rings. The first-order valence-electron chi connectivity index (χ1n) is 31.5. The van der Waals surface area contributed by atoms with Crippen molar-refractivity contribution in [3.63, 3.8) is 0 Å². The number of cyclic esters (lactones) is 2. The molecule has 1 aromatic rings. The lowest BCUT2D eigenvalue weighted by molar-refractivity contribution is -0.163. The van der Waals surface area contributed by atoms with Crippen LogP contribution in [0.4, 0.5) is 5.69 Å². The minimum atomic E-state index is -1.88. The third-order valence-electron chi connectivity index (χ3n) is 18.2. The molecule has 0 saturated carbocycles. The fourth-order valence-electron chi connectivity index (χ4n) is 12.7. The zero-order valence-electron chi connectivity index (χ0n) is 55.5. The molecule has 0 spiro atoms. The molecule has 6 N–H and O–H groups in total. The first-order chi connectivity index (χ1) is 43.1. The number of aryl methyl sites for hydroxylation is 1. The summed E-state index contributed by atoms with van der Waals surface area (Å²) < 4.78 is 18.4. The van der Waals surface area contributed by atoms with Crippen molar-refractivity contribution in [2.75, 3.05) is 60.1 Å². The highest BCUT2D eigenvalue weighted by Crippen LogP contribution is 2.35. The lowest BCUT2D eigenvalue weighted by Crippen LogP contribution is -2.61. The SMILES string of the molecule is CCC(C)[C@H]1NC(=O)[C@@H](NC(=O)c2ccc(C)c3oc4c(C)c(=O)c(N)c(C(=O)N[C@@H]5C(=O)N[C@H](CC(C)C)C(=O)N6CCC[C@H]6C(=O)N(C)CC(=O)N(C)[C@H](C(C)C)C(=O)OC5C)c-4nc23)C(C)OC(=O)[C@@H](C(C)C)N(C)C(=O)CN(C)C(=O)[C@@H]2CCCN2C1=O. The first-order valence-corrected chi connectivity index (χ1v) is 31.5. The van der Waals surface area contributed by atoms with E-state index in [-0.39, 0.29) is 66.3 Å². The standard InChI is InChI=1S/C64H90N12O16/c1-17-32(8)45-62(87)76-25-19-21-40(76)61(86)72(14)28-42(78)74(16)51(31(6)7)64(89)91-36(12)47(58(83)68-45)69-55(80)37-23-22-33(9)53-48(37)67-49-43(44(65)52(79)34(10)54(49)92-53)56(81)70-46-35(11)90-63(88)50(30(4)5)73(15)41(77)27-71(13)60(85)39-20-18-24-75(39)59(84)38(26-29(2)3)66-57(46)82/h22-23,29-32,35-36,38-40,45-47,50-51H,17-21,24-28,65H2,1-16H3,(H,66,82)(H,68,83)(H,69,80)(H,70,81)/t32?,35?,36?,38-,39+,40+,45-,46+,47+,50-,51-/m1/s1. The summed E-state index contributed by atoms with van der Waals surface area (Å²) in [4.78, 5) is 200. The van der Waals surface area contributed by atoms with Crippen LogP contribution in [0.25, 0.3) is 22.6 Å². The summed E-state index contributed by atoms with van der Waals surface area (Å²) in [5.41, 5.74) is 3.62. The third-order valence-corrected chi connectivity index (χ3v) is 18.2. The molecule has 28 nitrogen and oxygen atoms in total. The van der Waals surface area contributed by atoms with Crippen LogP contribution in [0.1, 0.15) is 140 Å². The largest absolute Gasteiger partial charge is 0.458 e. The number of carbonyl (C=O) groups is 12. The van der Waals surface area contributed by atoms with Crippen molar-refractivity contribution >= 4 is 87.8 Å². The van der Waals surface area contributed by atoms with Crippen LogP contribution >= 0.6 is 0 Å². The number of benzene rings is 2. The number of rotatable bonds is 10. The molecule has 1 aliphatic carbocycles. The topological polar surface area (TPSA) is 360 Å². The first kappa shape index (κ1) is 70.7. The summed E-state index contributed by atoms with van der Waals surface area (Å²) in [7, 11) is 5.61. The predicted molar refractivity (Wildman–Crippen MR) is 335 cm³/mol. The van der Waals surface area contributed by atoms with Gasteiger partial charge in [0, 0.05) is 46.8 Å². The molecule has 5 aliphatic heterocycles. The monoisotopic (exact) mass is 1280 g/mol. The quantitative estimate of drug-likeness (QED) is 0.109. The number of ether oxygens (including phenoxy) is 2. The average molecular weight is 1280 g/mol. The summed E-state index contributed by atoms with van der Waals surface area (Å²) >= 11 is 0. The Morgan fingerprint density at radius 3 is 1.63 bits per heavy atom. The number of nitrogen functional groups attached to an aromatic ring is 1. The fraction of sp³-hybridized carbons (Fsp3) is 0.625. The van der Waals surface area contributed by atoms with Gasteiger partial charge in [0.2, 0.25) is 52.7 Å². The summed E-state index contributed by atoms with van der Waals surface area (Å²) in [6, 6.07) is -7.85. The molecule has 3 unspecified atom stereocenters. The van der Waals surface area contributed by atoms with Gasteiger partial charge >= 0.3 is 11.9 Å². The molecule has 7 rings (SSSR count). The van der Waals surface area contributed by atoms with Crippen LogP contribution in [0.2, 0.25) is 0 Å². The van der Waals surface area contributed by atoms with Crippen LogP contribution < -0.4 is 32.4 Å². The minimum absolute atomic E-state index is 0.0564. The fourth-order valence-corrected chi connectivity index (χ4v) is 12.7. The zero-order chi connectivity index (χ0) is 68.4. The Morgan fingerprint density at radius 1 is 0.674 bits per heavy atom. The molecule has 0 aromatic heterocycles. The maximum absolute atomic E-state index is 15.2. The Bertz CT molecular complexity index is 3460. The maximum Gasteiger partial charge on any atom is 0.329 e. The lowest BCUT2D eigenvalue weighted by Gasteiger charge is -2.36. The maximum atomic E-state index is 15.2. The number of carbonyl (C=O) groups excluding carboxylic acids is 12. The van der Waals surface area contributed by atoms with Gasteiger partial charge in [-0.2, -0.15) is 0 Å². The van der Waals surface area contributed by atoms with E-state index in [4.69, 9.17) is 24.6 Å². The van der Waals surface area contributed by atoms with Crippen molar-refractivity contribution in [3.05, 3.63) is 44.6 Å². The molecule has 0 bridgehead atoms. The molecule has 28 heteroatoms. The molecule has 6 aliphatic rings. The second kappa shape index (κ2) is 28.8. The minimum Gasteiger partial charge on any atom is -0.458 e. The van der Waals surface area contributed by atoms with E-state index in [1.165, 1.54) is 80.7 Å². The van der Waals surface area contributed by atoms with Crippen LogP contribution in [0.15, 0.2) is 21.3 Å². The summed E-state index contributed by atoms with van der Waals surface area (Å²) in [5.74, 6) is -11.8. The second-order valence-electron chi connectivity index (χ2n) is 26.1. The molecule has 92 heavy (non-hydrogen) atoms. The molecule has 4 saturated heterocycles. The Hall–Kier alpha value is -8.72. The normalized spacial score (nSPS) is 26.2. The van der Waals surface area contributed by atoms with E-state index >= 15 is 9.59 Å². The number of hydrogen-bond acceptors (Lipinski definition) is 18. The van der Waals surface area contributed by atoms with Gasteiger partial charge < -0.3 is 70.3 Å². The van der Waals surface area contributed by atoms with Gasteiger partial charge in [0.25, 0.3) is 11.8 Å². The number of hydrogen-bond donors (Lipinski definition) is 5. The zero-order valence-corrected chi connectivity index (χ0v) is 55.5. The number of nitrogens with two attached hydrogens (primary N) is 1. The number of nitrogens with one attached hydrogen (secondary N) is 4. The van der Waals surface area contributed by atoms with Gasteiger partial charge in [-0.05, 0) is 95.1 Å². The van der Waals surface area contributed by atoms with Gasteiger partial charge in [-0.25, -0.2) is 14.6 Å². The van der Waals surface area contributed by atoms with E-state index in [9.17, 15) is 52.7 Å². The summed E-state index contributed by atoms with van der Waals surface area (Å²) in [5, 5.41) is 10.8. The Labute approximate surface area is 535 Å². The Kier molecular flexibility index (Phi) is 22.2. The van der Waals surface area contributed by atoms with Crippen LogP contribution in [0.5, 0.6) is 0 Å². The molecular weight excluding hydrogens is 1190 g/mol. The number of anilines is 1. The van der Waals surface area contributed by atoms with Crippen LogP contribution in [0.3, 0.4) is 0 Å². The van der Waals surface area contributed by atoms with E-state index in [1.807, 2.05) is 13.8 Å². The highest BCUT2D eigenvalue weighted by molar-refractivity contribution is 6.10. The highest BCUT2D eigenvalue weighted by Gasteiger charge is 2.46. The predicted octanol–water partition coefficient (Wildman–Crippen LogP) is 1.51. The van der Waals surface area contributed by atoms with Crippen LogP contribution in [0, 0.1) is 37.5 Å². The summed E-state index contributed by atoms with van der Waals surface area (Å²) in [6.07, 6.45) is -1.21. The van der Waals surface area contributed by atoms with Crippen molar-refractivity contribution in [3.8, 4) is 11.5 Å². The lowest BCUT2D eigenvalue weighted by atomic mass is 9.96. The number of likely N-dealkylation sites (N-methyl/N-ethyl adjacent to an activating group) is 4. The van der Waals surface area contributed by atoms with E-state index in [0.29, 0.717) is 24.8 Å². The van der Waals surface area contributed by atoms with Crippen molar-refractivity contribution in [2.24, 2.45) is 23.7 Å². The molecule has 1 aromatic carbocycles. The van der Waals surface area contributed by atoms with E-state index < -0.39 is 185 Å². The van der Waals surface area contributed by atoms with Crippen LogP contribution in [-0.2, 0) is 57.4 Å². The number of esters is 2. The van der Waals surface area contributed by atoms with Gasteiger partial charge in [-0.15, -0.1) is 0 Å². The number of fused-ring (bicyclic) bond motifs is 4. The molecule has 502 valence electrons. The smallest absolute Gasteiger partial charge is 0.329 e. The molecular formula is C64H90N12O16. The Morgan fingerprint density at radius 2 is 1.15 bits per heavy atom. The van der Waals surface area contributed by atoms with E-state index in [1.54, 1.807) is 48.5 Å². The highest BCUT2D eigenvalue weighted by atomic mass is 16.6. The molecule has 11 atom stereocenters. The van der Waals surface area contributed by atoms with Gasteiger partial charge in [0.05, 0.1) is 29.9 Å². The van der Waals surface area contributed by atoms with Gasteiger partial charge in [0.15, 0.2) is 11.3 Å².